The summed E-state index contributed by atoms with van der Waals surface area (Å²) in [6.45, 7) is -0.595. The number of amides is 2. The third-order valence-corrected chi connectivity index (χ3v) is 1.96. The Morgan fingerprint density at radius 2 is 2.13 bits per heavy atom. The summed E-state index contributed by atoms with van der Waals surface area (Å²) in [5.41, 5.74) is 0.696. The van der Waals surface area contributed by atoms with Gasteiger partial charge in [0.1, 0.15) is 5.69 Å². The third-order valence-electron chi connectivity index (χ3n) is 1.96. The highest BCUT2D eigenvalue weighted by molar-refractivity contribution is 6.33. The van der Waals surface area contributed by atoms with E-state index in [1.54, 1.807) is 0 Å². The Morgan fingerprint density at radius 3 is 2.73 bits per heavy atom. The van der Waals surface area contributed by atoms with Crippen molar-refractivity contribution in [3.8, 4) is 0 Å². The van der Waals surface area contributed by atoms with Crippen molar-refractivity contribution in [2.75, 3.05) is 6.67 Å². The lowest BCUT2D eigenvalue weighted by Crippen LogP contribution is -2.22. The van der Waals surface area contributed by atoms with Gasteiger partial charge in [0.05, 0.1) is 17.9 Å². The number of aromatic nitrogens is 3. The van der Waals surface area contributed by atoms with Crippen LogP contribution in [0.25, 0.3) is 5.57 Å². The molecule has 1 aromatic rings. The highest BCUT2D eigenvalue weighted by Crippen LogP contribution is 2.18. The summed E-state index contributed by atoms with van der Waals surface area (Å²) in [5.74, 6) is -1.03. The van der Waals surface area contributed by atoms with E-state index in [1.165, 1.54) is 0 Å². The highest BCUT2D eigenvalue weighted by Gasteiger charge is 2.26. The number of carbonyl (C=O) groups is 2. The first-order chi connectivity index (χ1) is 7.22. The fourth-order valence-electron chi connectivity index (χ4n) is 1.32. The maximum absolute atomic E-state index is 12.1. The summed E-state index contributed by atoms with van der Waals surface area (Å²) in [6.07, 6.45) is 1.19. The van der Waals surface area contributed by atoms with Crippen molar-refractivity contribution in [3.05, 3.63) is 17.5 Å². The molecule has 0 unspecified atom stereocenters. The average molecular weight is 210 g/mol. The second-order valence-electron chi connectivity index (χ2n) is 2.93. The number of nitrogens with zero attached hydrogens (tertiary/aromatic N) is 2. The number of rotatable bonds is 3. The summed E-state index contributed by atoms with van der Waals surface area (Å²) in [4.78, 5) is 22.2. The molecule has 7 heteroatoms. The first-order valence-corrected chi connectivity index (χ1v) is 4.25. The first kappa shape index (κ1) is 9.50. The predicted molar refractivity (Wildman–Crippen MR) is 47.2 cm³/mol. The fourth-order valence-corrected chi connectivity index (χ4v) is 1.32. The molecule has 0 aliphatic carbocycles. The molecule has 0 fully saturated rings. The first-order valence-electron chi connectivity index (χ1n) is 4.25. The van der Waals surface area contributed by atoms with Gasteiger partial charge in [-0.2, -0.15) is 15.4 Å². The second-order valence-corrected chi connectivity index (χ2v) is 2.93. The van der Waals surface area contributed by atoms with Gasteiger partial charge in [-0.3, -0.25) is 19.3 Å². The van der Waals surface area contributed by atoms with Crippen LogP contribution in [0.2, 0.25) is 0 Å². The lowest BCUT2D eigenvalue weighted by atomic mass is 10.1. The van der Waals surface area contributed by atoms with E-state index < -0.39 is 18.5 Å². The largest absolute Gasteiger partial charge is 0.289 e. The second kappa shape index (κ2) is 3.60. The maximum atomic E-state index is 12.1. The molecule has 0 atom stereocenters. The number of imide groups is 1. The van der Waals surface area contributed by atoms with Gasteiger partial charge in [0, 0.05) is 12.5 Å². The van der Waals surface area contributed by atoms with E-state index in [4.69, 9.17) is 0 Å². The Morgan fingerprint density at radius 1 is 1.33 bits per heavy atom. The van der Waals surface area contributed by atoms with Crippen molar-refractivity contribution < 1.29 is 14.0 Å². The van der Waals surface area contributed by atoms with Crippen molar-refractivity contribution in [3.63, 3.8) is 0 Å². The number of halogens is 1. The molecule has 6 nitrogen and oxygen atoms in total. The third kappa shape index (κ3) is 1.63. The van der Waals surface area contributed by atoms with E-state index >= 15 is 0 Å². The summed E-state index contributed by atoms with van der Waals surface area (Å²) in [6, 6.07) is 0. The van der Waals surface area contributed by atoms with Crippen molar-refractivity contribution in [2.24, 2.45) is 0 Å². The Hall–Kier alpha value is -2.05. The molecule has 0 radical (unpaired) electrons. The zero-order valence-corrected chi connectivity index (χ0v) is 7.58. The van der Waals surface area contributed by atoms with E-state index in [2.05, 4.69) is 20.7 Å². The summed E-state index contributed by atoms with van der Waals surface area (Å²) < 4.78 is 12.1. The summed E-state index contributed by atoms with van der Waals surface area (Å²) in [7, 11) is 0. The van der Waals surface area contributed by atoms with Crippen LogP contribution in [-0.4, -0.2) is 33.9 Å². The van der Waals surface area contributed by atoms with E-state index in [9.17, 15) is 14.0 Å². The zero-order chi connectivity index (χ0) is 10.8. The molecule has 1 aliphatic heterocycles. The number of hydrogen-bond acceptors (Lipinski definition) is 4. The van der Waals surface area contributed by atoms with Crippen LogP contribution in [0.1, 0.15) is 11.4 Å². The molecule has 0 saturated heterocycles. The Balaban J connectivity index is 2.37. The minimum Gasteiger partial charge on any atom is -0.289 e. The van der Waals surface area contributed by atoms with Gasteiger partial charge in [-0.1, -0.05) is 0 Å². The van der Waals surface area contributed by atoms with Gasteiger partial charge in [0.15, 0.2) is 0 Å². The van der Waals surface area contributed by atoms with Crippen LogP contribution >= 0.6 is 0 Å². The number of aryl methyl sites for hydroxylation is 1. The number of nitrogens with one attached hydrogen (secondary N) is 2. The van der Waals surface area contributed by atoms with Crippen LogP contribution in [0.5, 0.6) is 0 Å². The van der Waals surface area contributed by atoms with Crippen LogP contribution in [0.4, 0.5) is 4.39 Å². The molecule has 1 aliphatic rings. The molecule has 2 rings (SSSR count). The monoisotopic (exact) mass is 210 g/mol. The zero-order valence-electron chi connectivity index (χ0n) is 7.58. The summed E-state index contributed by atoms with van der Waals surface area (Å²) in [5, 5.41) is 11.8. The van der Waals surface area contributed by atoms with Gasteiger partial charge >= 0.3 is 0 Å². The Labute approximate surface area is 83.5 Å². The van der Waals surface area contributed by atoms with Gasteiger partial charge in [0.25, 0.3) is 11.8 Å². The molecule has 0 saturated carbocycles. The molecule has 78 valence electrons. The lowest BCUT2D eigenvalue weighted by Gasteiger charge is -1.96. The minimum absolute atomic E-state index is 0.0602. The molecule has 2 N–H and O–H groups in total. The van der Waals surface area contributed by atoms with Gasteiger partial charge in [0.2, 0.25) is 0 Å². The normalized spacial score (nSPS) is 15.4. The molecule has 2 amide bonds. The quantitative estimate of drug-likeness (QED) is 0.649. The average Bonchev–Trinajstić information content (AvgIpc) is 2.73. The van der Waals surface area contributed by atoms with Gasteiger partial charge < -0.3 is 0 Å². The molecular weight excluding hydrogens is 203 g/mol. The SMILES string of the molecule is O=C1C=C(c2n[nH]nc2CCF)C(=O)N1. The Bertz CT molecular complexity index is 451. The van der Waals surface area contributed by atoms with Crippen molar-refractivity contribution >= 4 is 17.4 Å². The van der Waals surface area contributed by atoms with Crippen LogP contribution in [0.15, 0.2) is 6.08 Å². The number of carbonyl (C=O) groups excluding carboxylic acids is 2. The smallest absolute Gasteiger partial charge is 0.260 e. The fraction of sp³-hybridized carbons (Fsp3) is 0.250. The van der Waals surface area contributed by atoms with Crippen LogP contribution < -0.4 is 5.32 Å². The molecule has 1 aromatic heterocycles. The predicted octanol–water partition coefficient (Wildman–Crippen LogP) is -0.644. The maximum Gasteiger partial charge on any atom is 0.260 e. The van der Waals surface area contributed by atoms with Crippen molar-refractivity contribution in [2.45, 2.75) is 6.42 Å². The molecular formula is C8H7FN4O2. The summed E-state index contributed by atoms with van der Waals surface area (Å²) >= 11 is 0. The standard InChI is InChI=1S/C8H7FN4O2/c9-2-1-5-7(12-13-11-5)4-3-6(14)10-8(4)15/h3H,1-2H2,(H,10,14,15)(H,11,12,13). The molecule has 2 heterocycles. The van der Waals surface area contributed by atoms with E-state index in [-0.39, 0.29) is 17.7 Å². The number of hydrogen-bond donors (Lipinski definition) is 2. The Kier molecular flexibility index (Phi) is 2.28. The van der Waals surface area contributed by atoms with E-state index in [0.717, 1.165) is 6.08 Å². The van der Waals surface area contributed by atoms with Crippen molar-refractivity contribution in [1.29, 1.82) is 0 Å². The molecule has 0 aromatic carbocycles. The van der Waals surface area contributed by atoms with E-state index in [0.29, 0.717) is 5.69 Å². The number of aromatic amines is 1. The van der Waals surface area contributed by atoms with E-state index in [1.807, 2.05) is 0 Å². The molecule has 0 bridgehead atoms. The van der Waals surface area contributed by atoms with Crippen LogP contribution in [0, 0.1) is 0 Å². The highest BCUT2D eigenvalue weighted by atomic mass is 19.1. The lowest BCUT2D eigenvalue weighted by molar-refractivity contribution is -0.123. The van der Waals surface area contributed by atoms with Crippen molar-refractivity contribution in [1.82, 2.24) is 20.7 Å². The number of alkyl halides is 1. The van der Waals surface area contributed by atoms with Gasteiger partial charge in [-0.25, -0.2) is 0 Å². The van der Waals surface area contributed by atoms with Crippen LogP contribution in [-0.2, 0) is 16.0 Å². The van der Waals surface area contributed by atoms with Gasteiger partial charge in [-0.05, 0) is 0 Å². The van der Waals surface area contributed by atoms with Crippen LogP contribution in [0.3, 0.4) is 0 Å². The topological polar surface area (TPSA) is 87.7 Å². The minimum atomic E-state index is -0.595. The molecule has 15 heavy (non-hydrogen) atoms. The number of H-pyrrole nitrogens is 1. The molecule has 0 spiro atoms. The van der Waals surface area contributed by atoms with Gasteiger partial charge in [-0.15, -0.1) is 0 Å².